The van der Waals surface area contributed by atoms with Crippen LogP contribution in [0.1, 0.15) is 22.3 Å². The Balaban J connectivity index is 1.10. The number of benzene rings is 7. The van der Waals surface area contributed by atoms with Crippen LogP contribution in [0.25, 0.3) is 100 Å². The van der Waals surface area contributed by atoms with Crippen molar-refractivity contribution >= 4 is 21.9 Å². The molecule has 62 heavy (non-hydrogen) atoms. The molecule has 11 aromatic rings. The van der Waals surface area contributed by atoms with Crippen molar-refractivity contribution in [3.8, 4) is 78.5 Å². The first-order valence-corrected chi connectivity index (χ1v) is 20.9. The number of pyridine rings is 2. The highest BCUT2D eigenvalue weighted by atomic mass is 16.3. The average molecular weight is 791 g/mol. The molecule has 0 saturated carbocycles. The first kappa shape index (κ1) is 34.6. The van der Waals surface area contributed by atoms with Gasteiger partial charge in [0.2, 0.25) is 0 Å². The van der Waals surface area contributed by atoms with E-state index in [1.807, 2.05) is 42.7 Å². The molecule has 0 amide bonds. The lowest BCUT2D eigenvalue weighted by atomic mass is 9.65. The molecule has 1 atom stereocenters. The predicted molar refractivity (Wildman–Crippen MR) is 248 cm³/mol. The molecule has 2 aliphatic rings. The van der Waals surface area contributed by atoms with Gasteiger partial charge in [-0.25, -0.2) is 9.97 Å². The number of rotatable bonds is 4. The Morgan fingerprint density at radius 3 is 1.71 bits per heavy atom. The van der Waals surface area contributed by atoms with E-state index in [1.54, 1.807) is 6.20 Å². The molecule has 5 heteroatoms. The van der Waals surface area contributed by atoms with Crippen molar-refractivity contribution in [1.82, 2.24) is 19.9 Å². The minimum atomic E-state index is -0.703. The summed E-state index contributed by atoms with van der Waals surface area (Å²) in [7, 11) is 0. The van der Waals surface area contributed by atoms with Crippen LogP contribution in [-0.2, 0) is 5.41 Å². The van der Waals surface area contributed by atoms with Crippen LogP contribution in [0.5, 0.6) is 0 Å². The van der Waals surface area contributed by atoms with Gasteiger partial charge in [-0.1, -0.05) is 133 Å². The molecule has 13 rings (SSSR count). The predicted octanol–water partition coefficient (Wildman–Crippen LogP) is 13.8. The van der Waals surface area contributed by atoms with Gasteiger partial charge in [-0.3, -0.25) is 9.97 Å². The van der Waals surface area contributed by atoms with Gasteiger partial charge in [0.25, 0.3) is 0 Å². The molecule has 0 radical (unpaired) electrons. The summed E-state index contributed by atoms with van der Waals surface area (Å²) < 4.78 is 6.56. The Bertz CT molecular complexity index is 3580. The standard InChI is InChI=1S/C57H34N4O/c1-2-13-35(14-3-1)52-32-53(38-25-27-51(59-34-38)37-15-12-28-58-33-37)61-56(60-52)36-24-26-43-40-17-5-4-16-39(40)41-18-6-9-21-47(41)57(49(43)29-36)48-22-10-7-19-42(48)45-31-55-46(30-50(45)57)44-20-8-11-23-54(44)62-55/h1-34H. The maximum atomic E-state index is 6.56. The molecule has 7 aromatic carbocycles. The van der Waals surface area contributed by atoms with Crippen LogP contribution in [0.15, 0.2) is 211 Å². The molecule has 2 aliphatic carbocycles. The second-order valence-electron chi connectivity index (χ2n) is 16.1. The van der Waals surface area contributed by atoms with E-state index in [0.717, 1.165) is 61.3 Å². The maximum Gasteiger partial charge on any atom is 0.160 e. The lowest BCUT2D eigenvalue weighted by Crippen LogP contribution is -2.29. The highest BCUT2D eigenvalue weighted by Gasteiger charge is 2.50. The van der Waals surface area contributed by atoms with Crippen LogP contribution in [0.4, 0.5) is 0 Å². The fourth-order valence-electron chi connectivity index (χ4n) is 10.2. The minimum Gasteiger partial charge on any atom is -0.456 e. The van der Waals surface area contributed by atoms with E-state index >= 15 is 0 Å². The summed E-state index contributed by atoms with van der Waals surface area (Å²) in [6.45, 7) is 0. The Morgan fingerprint density at radius 2 is 0.968 bits per heavy atom. The molecule has 4 heterocycles. The van der Waals surface area contributed by atoms with Crippen LogP contribution >= 0.6 is 0 Å². The van der Waals surface area contributed by atoms with E-state index in [-0.39, 0.29) is 0 Å². The van der Waals surface area contributed by atoms with Gasteiger partial charge in [0.15, 0.2) is 5.82 Å². The molecular weight excluding hydrogens is 757 g/mol. The molecule has 0 bridgehead atoms. The fraction of sp³-hybridized carbons (Fsp3) is 0.0175. The van der Waals surface area contributed by atoms with Crippen molar-refractivity contribution < 1.29 is 4.42 Å². The highest BCUT2D eigenvalue weighted by Crippen LogP contribution is 2.62. The first-order chi connectivity index (χ1) is 30.7. The van der Waals surface area contributed by atoms with E-state index < -0.39 is 5.41 Å². The van der Waals surface area contributed by atoms with Crippen molar-refractivity contribution in [2.45, 2.75) is 5.41 Å². The van der Waals surface area contributed by atoms with Crippen LogP contribution < -0.4 is 0 Å². The van der Waals surface area contributed by atoms with Crippen molar-refractivity contribution in [1.29, 1.82) is 0 Å². The van der Waals surface area contributed by atoms with E-state index in [2.05, 4.69) is 163 Å². The number of para-hydroxylation sites is 1. The quantitative estimate of drug-likeness (QED) is 0.178. The summed E-state index contributed by atoms with van der Waals surface area (Å²) in [5, 5.41) is 2.22. The van der Waals surface area contributed by atoms with E-state index in [1.165, 1.54) is 55.6 Å². The van der Waals surface area contributed by atoms with Gasteiger partial charge in [0.05, 0.1) is 22.5 Å². The SMILES string of the molecule is c1ccc(-c2cc(-c3ccc(-c4cccnc4)nc3)nc(-c3ccc4c(c3)C3(c5ccccc5-c5ccccc5-4)c4ccccc4-c4cc5oc6ccccc6c5cc43)n2)cc1. The van der Waals surface area contributed by atoms with Crippen molar-refractivity contribution in [3.63, 3.8) is 0 Å². The monoisotopic (exact) mass is 790 g/mol. The number of hydrogen-bond donors (Lipinski definition) is 0. The normalized spacial score (nSPS) is 14.5. The Kier molecular flexibility index (Phi) is 7.45. The zero-order valence-corrected chi connectivity index (χ0v) is 33.3. The molecule has 4 aromatic heterocycles. The molecule has 0 saturated heterocycles. The molecule has 5 nitrogen and oxygen atoms in total. The third-order valence-corrected chi connectivity index (χ3v) is 12.9. The average Bonchev–Trinajstić information content (AvgIpc) is 3.83. The lowest BCUT2D eigenvalue weighted by molar-refractivity contribution is 0.668. The number of furan rings is 1. The van der Waals surface area contributed by atoms with Gasteiger partial charge < -0.3 is 4.42 Å². The molecule has 0 fully saturated rings. The van der Waals surface area contributed by atoms with Crippen molar-refractivity contribution in [2.24, 2.45) is 0 Å². The van der Waals surface area contributed by atoms with Gasteiger partial charge in [-0.2, -0.15) is 0 Å². The van der Waals surface area contributed by atoms with Gasteiger partial charge in [0.1, 0.15) is 11.2 Å². The number of hydrogen-bond acceptors (Lipinski definition) is 5. The molecule has 1 unspecified atom stereocenters. The van der Waals surface area contributed by atoms with Gasteiger partial charge in [0, 0.05) is 51.6 Å². The van der Waals surface area contributed by atoms with Crippen molar-refractivity contribution in [2.75, 3.05) is 0 Å². The maximum absolute atomic E-state index is 6.56. The van der Waals surface area contributed by atoms with Gasteiger partial charge >= 0.3 is 0 Å². The largest absolute Gasteiger partial charge is 0.456 e. The van der Waals surface area contributed by atoms with Crippen LogP contribution in [-0.4, -0.2) is 19.9 Å². The van der Waals surface area contributed by atoms with E-state index in [9.17, 15) is 0 Å². The van der Waals surface area contributed by atoms with Crippen LogP contribution in [0, 0.1) is 0 Å². The molecular formula is C57H34N4O. The second-order valence-corrected chi connectivity index (χ2v) is 16.1. The lowest BCUT2D eigenvalue weighted by Gasteiger charge is -2.35. The van der Waals surface area contributed by atoms with Gasteiger partial charge in [-0.15, -0.1) is 0 Å². The third kappa shape index (κ3) is 5.02. The number of aromatic nitrogens is 4. The molecule has 1 spiro atoms. The zero-order chi connectivity index (χ0) is 40.8. The molecule has 288 valence electrons. The summed E-state index contributed by atoms with van der Waals surface area (Å²) in [5.74, 6) is 0.643. The number of nitrogens with zero attached hydrogens (tertiary/aromatic N) is 4. The summed E-state index contributed by atoms with van der Waals surface area (Å²) in [6.07, 6.45) is 5.51. The summed E-state index contributed by atoms with van der Waals surface area (Å²) in [5.41, 5.74) is 19.4. The Labute approximate surface area is 357 Å². The molecule has 0 N–H and O–H groups in total. The van der Waals surface area contributed by atoms with E-state index in [0.29, 0.717) is 5.82 Å². The first-order valence-electron chi connectivity index (χ1n) is 20.9. The minimum absolute atomic E-state index is 0.643. The third-order valence-electron chi connectivity index (χ3n) is 12.9. The smallest absolute Gasteiger partial charge is 0.160 e. The zero-order valence-electron chi connectivity index (χ0n) is 33.3. The van der Waals surface area contributed by atoms with E-state index in [4.69, 9.17) is 19.4 Å². The fourth-order valence-corrected chi connectivity index (χ4v) is 10.2. The summed E-state index contributed by atoms with van der Waals surface area (Å²) in [4.78, 5) is 19.9. The summed E-state index contributed by atoms with van der Waals surface area (Å²) >= 11 is 0. The topological polar surface area (TPSA) is 64.7 Å². The number of fused-ring (bicyclic) bond motifs is 15. The van der Waals surface area contributed by atoms with Crippen LogP contribution in [0.3, 0.4) is 0 Å². The van der Waals surface area contributed by atoms with Crippen LogP contribution in [0.2, 0.25) is 0 Å². The Hall–Kier alpha value is -8.28. The summed E-state index contributed by atoms with van der Waals surface area (Å²) in [6, 6.07) is 67.2. The second kappa shape index (κ2) is 13.4. The Morgan fingerprint density at radius 1 is 0.355 bits per heavy atom. The molecule has 0 aliphatic heterocycles. The highest BCUT2D eigenvalue weighted by molar-refractivity contribution is 6.09. The van der Waals surface area contributed by atoms with Crippen molar-refractivity contribution in [3.05, 3.63) is 229 Å². The van der Waals surface area contributed by atoms with Gasteiger partial charge in [-0.05, 0) is 110 Å².